The average molecular weight is 251 g/mol. The summed E-state index contributed by atoms with van der Waals surface area (Å²) in [5.41, 5.74) is 0.549. The molecule has 0 spiro atoms. The van der Waals surface area contributed by atoms with Crippen LogP contribution in [0.5, 0.6) is 0 Å². The molecule has 0 amide bonds. The largest absolute Gasteiger partial charge is 0.311 e. The first-order valence-electron chi connectivity index (χ1n) is 8.21. The van der Waals surface area contributed by atoms with E-state index >= 15 is 0 Å². The SMILES string of the molecule is CC1CCCC(NC2CC(C)CC(C)(C)C2)CC1. The molecule has 2 saturated carbocycles. The Morgan fingerprint density at radius 3 is 2.33 bits per heavy atom. The van der Waals surface area contributed by atoms with Gasteiger partial charge >= 0.3 is 0 Å². The molecule has 106 valence electrons. The fraction of sp³-hybridized carbons (Fsp3) is 1.00. The Morgan fingerprint density at radius 1 is 0.833 bits per heavy atom. The molecule has 2 aliphatic rings. The van der Waals surface area contributed by atoms with Crippen molar-refractivity contribution in [2.75, 3.05) is 0 Å². The van der Waals surface area contributed by atoms with Gasteiger partial charge in [-0.25, -0.2) is 0 Å². The molecule has 0 aromatic rings. The maximum atomic E-state index is 4.00. The van der Waals surface area contributed by atoms with E-state index in [1.807, 2.05) is 0 Å². The highest BCUT2D eigenvalue weighted by molar-refractivity contribution is 4.88. The number of hydrogen-bond acceptors (Lipinski definition) is 1. The normalized spacial score (nSPS) is 41.3. The van der Waals surface area contributed by atoms with E-state index in [1.54, 1.807) is 0 Å². The molecule has 0 aliphatic heterocycles. The van der Waals surface area contributed by atoms with E-state index in [1.165, 1.54) is 51.4 Å². The van der Waals surface area contributed by atoms with Crippen molar-refractivity contribution in [3.8, 4) is 0 Å². The summed E-state index contributed by atoms with van der Waals surface area (Å²) in [6.07, 6.45) is 11.3. The third-order valence-corrected chi connectivity index (χ3v) is 5.12. The zero-order chi connectivity index (χ0) is 13.2. The number of rotatable bonds is 2. The summed E-state index contributed by atoms with van der Waals surface area (Å²) in [5, 5.41) is 4.00. The minimum absolute atomic E-state index is 0.549. The van der Waals surface area contributed by atoms with Gasteiger partial charge in [-0.2, -0.15) is 0 Å². The van der Waals surface area contributed by atoms with Crippen LogP contribution in [0.1, 0.15) is 79.1 Å². The molecule has 2 fully saturated rings. The molecule has 1 nitrogen and oxygen atoms in total. The van der Waals surface area contributed by atoms with Crippen LogP contribution in [0.3, 0.4) is 0 Å². The summed E-state index contributed by atoms with van der Waals surface area (Å²) in [4.78, 5) is 0. The lowest BCUT2D eigenvalue weighted by Gasteiger charge is -2.40. The molecule has 0 aromatic carbocycles. The topological polar surface area (TPSA) is 12.0 Å². The van der Waals surface area contributed by atoms with Crippen LogP contribution in [0.25, 0.3) is 0 Å². The smallest absolute Gasteiger partial charge is 0.00772 e. The Balaban J connectivity index is 1.84. The first-order valence-corrected chi connectivity index (χ1v) is 8.21. The number of nitrogens with one attached hydrogen (secondary N) is 1. The van der Waals surface area contributed by atoms with Gasteiger partial charge in [-0.3, -0.25) is 0 Å². The van der Waals surface area contributed by atoms with Crippen LogP contribution in [0, 0.1) is 17.3 Å². The van der Waals surface area contributed by atoms with Gasteiger partial charge in [0.05, 0.1) is 0 Å². The van der Waals surface area contributed by atoms with Gasteiger partial charge in [-0.15, -0.1) is 0 Å². The molecule has 0 heterocycles. The van der Waals surface area contributed by atoms with Gasteiger partial charge in [0, 0.05) is 12.1 Å². The van der Waals surface area contributed by atoms with E-state index in [4.69, 9.17) is 0 Å². The second-order valence-corrected chi connectivity index (χ2v) is 8.09. The molecule has 1 N–H and O–H groups in total. The first kappa shape index (κ1) is 14.4. The van der Waals surface area contributed by atoms with Crippen molar-refractivity contribution in [3.63, 3.8) is 0 Å². The van der Waals surface area contributed by atoms with Crippen LogP contribution >= 0.6 is 0 Å². The summed E-state index contributed by atoms with van der Waals surface area (Å²) in [6, 6.07) is 1.59. The Hall–Kier alpha value is -0.0400. The highest BCUT2D eigenvalue weighted by Crippen LogP contribution is 2.39. The second-order valence-electron chi connectivity index (χ2n) is 8.09. The third-order valence-electron chi connectivity index (χ3n) is 5.12. The molecule has 0 saturated heterocycles. The van der Waals surface area contributed by atoms with Gasteiger partial charge in [-0.1, -0.05) is 40.5 Å². The van der Waals surface area contributed by atoms with Crippen LogP contribution in [-0.4, -0.2) is 12.1 Å². The van der Waals surface area contributed by atoms with Gasteiger partial charge in [0.15, 0.2) is 0 Å². The molecule has 0 bridgehead atoms. The van der Waals surface area contributed by atoms with E-state index < -0.39 is 0 Å². The highest BCUT2D eigenvalue weighted by atomic mass is 15.0. The minimum Gasteiger partial charge on any atom is -0.311 e. The van der Waals surface area contributed by atoms with Crippen molar-refractivity contribution in [2.45, 2.75) is 91.1 Å². The van der Waals surface area contributed by atoms with E-state index in [0.29, 0.717) is 5.41 Å². The number of hydrogen-bond donors (Lipinski definition) is 1. The first-order chi connectivity index (χ1) is 8.44. The van der Waals surface area contributed by atoms with Crippen molar-refractivity contribution < 1.29 is 0 Å². The Kier molecular flexibility index (Phi) is 4.75. The van der Waals surface area contributed by atoms with Gasteiger partial charge in [0.2, 0.25) is 0 Å². The molecule has 2 aliphatic carbocycles. The second kappa shape index (κ2) is 5.94. The third kappa shape index (κ3) is 4.26. The fourth-order valence-corrected chi connectivity index (χ4v) is 4.46. The van der Waals surface area contributed by atoms with Gasteiger partial charge in [-0.05, 0) is 55.8 Å². The molecule has 2 rings (SSSR count). The average Bonchev–Trinajstić information content (AvgIpc) is 2.40. The molecular weight excluding hydrogens is 218 g/mol. The molecule has 4 atom stereocenters. The monoisotopic (exact) mass is 251 g/mol. The van der Waals surface area contributed by atoms with E-state index in [0.717, 1.165) is 23.9 Å². The van der Waals surface area contributed by atoms with Crippen LogP contribution in [0.2, 0.25) is 0 Å². The van der Waals surface area contributed by atoms with E-state index in [9.17, 15) is 0 Å². The molecule has 18 heavy (non-hydrogen) atoms. The molecular formula is C17H33N. The van der Waals surface area contributed by atoms with Crippen LogP contribution in [-0.2, 0) is 0 Å². The van der Waals surface area contributed by atoms with Crippen LogP contribution in [0.15, 0.2) is 0 Å². The van der Waals surface area contributed by atoms with Crippen LogP contribution in [0.4, 0.5) is 0 Å². The lowest BCUT2D eigenvalue weighted by atomic mass is 9.70. The zero-order valence-electron chi connectivity index (χ0n) is 13.0. The van der Waals surface area contributed by atoms with Crippen molar-refractivity contribution in [1.29, 1.82) is 0 Å². The molecule has 0 radical (unpaired) electrons. The maximum Gasteiger partial charge on any atom is 0.00772 e. The quantitative estimate of drug-likeness (QED) is 0.698. The highest BCUT2D eigenvalue weighted by Gasteiger charge is 2.33. The Labute approximate surface area is 114 Å². The lowest BCUT2D eigenvalue weighted by molar-refractivity contribution is 0.142. The Morgan fingerprint density at radius 2 is 1.61 bits per heavy atom. The Bertz CT molecular complexity index is 258. The van der Waals surface area contributed by atoms with Gasteiger partial charge in [0.25, 0.3) is 0 Å². The summed E-state index contributed by atoms with van der Waals surface area (Å²) in [5.74, 6) is 1.86. The maximum absolute atomic E-state index is 4.00. The van der Waals surface area contributed by atoms with Crippen molar-refractivity contribution in [3.05, 3.63) is 0 Å². The summed E-state index contributed by atoms with van der Waals surface area (Å²) in [6.45, 7) is 9.76. The zero-order valence-corrected chi connectivity index (χ0v) is 13.0. The van der Waals surface area contributed by atoms with E-state index in [-0.39, 0.29) is 0 Å². The van der Waals surface area contributed by atoms with Gasteiger partial charge in [0.1, 0.15) is 0 Å². The van der Waals surface area contributed by atoms with Crippen LogP contribution < -0.4 is 5.32 Å². The minimum atomic E-state index is 0.549. The molecule has 0 aromatic heterocycles. The van der Waals surface area contributed by atoms with Crippen molar-refractivity contribution in [1.82, 2.24) is 5.32 Å². The summed E-state index contributed by atoms with van der Waals surface area (Å²) < 4.78 is 0. The van der Waals surface area contributed by atoms with Gasteiger partial charge < -0.3 is 5.32 Å². The van der Waals surface area contributed by atoms with E-state index in [2.05, 4.69) is 33.0 Å². The predicted molar refractivity (Wildman–Crippen MR) is 79.8 cm³/mol. The predicted octanol–water partition coefficient (Wildman–Crippen LogP) is 4.76. The van der Waals surface area contributed by atoms with Crippen molar-refractivity contribution >= 4 is 0 Å². The fourth-order valence-electron chi connectivity index (χ4n) is 4.46. The van der Waals surface area contributed by atoms with Crippen molar-refractivity contribution in [2.24, 2.45) is 17.3 Å². The standard InChI is InChI=1S/C17H33N/c1-13-6-5-7-15(9-8-13)18-16-10-14(2)11-17(3,4)12-16/h13-16,18H,5-12H2,1-4H3. The summed E-state index contributed by atoms with van der Waals surface area (Å²) >= 11 is 0. The lowest BCUT2D eigenvalue weighted by Crippen LogP contribution is -2.44. The molecule has 1 heteroatoms. The molecule has 4 unspecified atom stereocenters. The summed E-state index contributed by atoms with van der Waals surface area (Å²) in [7, 11) is 0.